The van der Waals surface area contributed by atoms with E-state index in [0.29, 0.717) is 44.4 Å². The number of nitrogens with zero attached hydrogens (tertiary/aromatic N) is 1. The average molecular weight is 556 g/mol. The standard InChI is InChI=1S/C32H42FNO6/c1-3-8-20(16-21-11-13-26(35)25(33)17-21)12-14-27-29-22(9-4-2)18-23-30(24(29)19-40-27)32(39)34(31(23)38)15-7-5-6-10-28(36)37/h11,13,16-17,23-24,27,30,35H,3-10,12,14-15,18-19H2,1-2H3,(H,36,37)/b20-16+/t23-,24+,27-,30-/m1/s1. The van der Waals surface area contributed by atoms with E-state index in [1.165, 1.54) is 33.8 Å². The van der Waals surface area contributed by atoms with Gasteiger partial charge in [-0.15, -0.1) is 0 Å². The number of carbonyl (C=O) groups excluding carboxylic acids is 2. The number of benzene rings is 1. The number of imide groups is 1. The minimum atomic E-state index is -0.830. The van der Waals surface area contributed by atoms with Crippen LogP contribution in [0.1, 0.15) is 90.0 Å². The van der Waals surface area contributed by atoms with Gasteiger partial charge >= 0.3 is 5.97 Å². The van der Waals surface area contributed by atoms with Gasteiger partial charge in [0.05, 0.1) is 24.5 Å². The Morgan fingerprint density at radius 2 is 1.88 bits per heavy atom. The van der Waals surface area contributed by atoms with Crippen LogP contribution < -0.4 is 0 Å². The fourth-order valence-corrected chi connectivity index (χ4v) is 6.78. The Kier molecular flexibility index (Phi) is 10.2. The number of likely N-dealkylation sites (tertiary alicyclic amines) is 1. The number of unbranched alkanes of at least 4 members (excludes halogenated alkanes) is 2. The number of aliphatic carboxylic acids is 1. The molecule has 0 aromatic heterocycles. The summed E-state index contributed by atoms with van der Waals surface area (Å²) in [7, 11) is 0. The maximum Gasteiger partial charge on any atom is 0.303 e. The molecule has 2 N–H and O–H groups in total. The van der Waals surface area contributed by atoms with E-state index >= 15 is 0 Å². The third-order valence-corrected chi connectivity index (χ3v) is 8.56. The summed E-state index contributed by atoms with van der Waals surface area (Å²) in [5.74, 6) is -2.80. The first-order valence-corrected chi connectivity index (χ1v) is 14.8. The third kappa shape index (κ3) is 6.65. The Morgan fingerprint density at radius 1 is 1.07 bits per heavy atom. The van der Waals surface area contributed by atoms with Crippen molar-refractivity contribution in [3.05, 3.63) is 46.3 Å². The van der Waals surface area contributed by atoms with E-state index in [0.717, 1.165) is 38.5 Å². The van der Waals surface area contributed by atoms with E-state index in [1.54, 1.807) is 6.07 Å². The van der Waals surface area contributed by atoms with Crippen molar-refractivity contribution >= 4 is 23.9 Å². The number of carboxylic acid groups (broad SMARTS) is 1. The van der Waals surface area contributed by atoms with Crippen LogP contribution in [0.3, 0.4) is 0 Å². The lowest BCUT2D eigenvalue weighted by Crippen LogP contribution is -2.34. The zero-order valence-electron chi connectivity index (χ0n) is 23.7. The summed E-state index contributed by atoms with van der Waals surface area (Å²) < 4.78 is 20.2. The number of carboxylic acids is 1. The van der Waals surface area contributed by atoms with Crippen LogP contribution in [-0.4, -0.2) is 52.2 Å². The van der Waals surface area contributed by atoms with Gasteiger partial charge in [-0.05, 0) is 68.2 Å². The second-order valence-electron chi connectivity index (χ2n) is 11.4. The van der Waals surface area contributed by atoms with Gasteiger partial charge < -0.3 is 14.9 Å². The number of fused-ring (bicyclic) bond motifs is 3. The highest BCUT2D eigenvalue weighted by molar-refractivity contribution is 6.06. The number of halogens is 1. The number of carbonyl (C=O) groups is 3. The average Bonchev–Trinajstić information content (AvgIpc) is 3.44. The third-order valence-electron chi connectivity index (χ3n) is 8.56. The van der Waals surface area contributed by atoms with Gasteiger partial charge in [0.2, 0.25) is 11.8 Å². The van der Waals surface area contributed by atoms with Crippen LogP contribution in [-0.2, 0) is 19.1 Å². The monoisotopic (exact) mass is 555 g/mol. The highest BCUT2D eigenvalue weighted by Crippen LogP contribution is 2.50. The van der Waals surface area contributed by atoms with Gasteiger partial charge in [-0.3, -0.25) is 19.3 Å². The lowest BCUT2D eigenvalue weighted by Gasteiger charge is -2.32. The van der Waals surface area contributed by atoms with Crippen molar-refractivity contribution in [2.45, 2.75) is 90.6 Å². The molecule has 2 aliphatic heterocycles. The van der Waals surface area contributed by atoms with E-state index in [-0.39, 0.29) is 47.8 Å². The number of allylic oxidation sites excluding steroid dienone is 2. The van der Waals surface area contributed by atoms with Crippen molar-refractivity contribution in [1.29, 1.82) is 0 Å². The van der Waals surface area contributed by atoms with Gasteiger partial charge in [-0.2, -0.15) is 0 Å². The van der Waals surface area contributed by atoms with Crippen LogP contribution in [0.15, 0.2) is 34.9 Å². The predicted molar refractivity (Wildman–Crippen MR) is 150 cm³/mol. The quantitative estimate of drug-likeness (QED) is 0.160. The molecular formula is C32H42FNO6. The second kappa shape index (κ2) is 13.6. The molecular weight excluding hydrogens is 513 g/mol. The summed E-state index contributed by atoms with van der Waals surface area (Å²) >= 11 is 0. The van der Waals surface area contributed by atoms with Crippen LogP contribution in [0.2, 0.25) is 0 Å². The van der Waals surface area contributed by atoms with Gasteiger partial charge in [-0.25, -0.2) is 4.39 Å². The number of ether oxygens (including phenoxy) is 1. The molecule has 0 radical (unpaired) electrons. The number of phenols is 1. The molecule has 2 fully saturated rings. The van der Waals surface area contributed by atoms with Crippen LogP contribution >= 0.6 is 0 Å². The zero-order chi connectivity index (χ0) is 28.8. The summed E-state index contributed by atoms with van der Waals surface area (Å²) in [6, 6.07) is 4.42. The van der Waals surface area contributed by atoms with Crippen LogP contribution in [0.25, 0.3) is 6.08 Å². The summed E-state index contributed by atoms with van der Waals surface area (Å²) in [5, 5.41) is 18.4. The number of amides is 2. The van der Waals surface area contributed by atoms with Crippen molar-refractivity contribution < 1.29 is 33.7 Å². The molecule has 7 nitrogen and oxygen atoms in total. The highest BCUT2D eigenvalue weighted by atomic mass is 19.1. The highest BCUT2D eigenvalue weighted by Gasteiger charge is 2.56. The Bertz CT molecular complexity index is 1170. The molecule has 40 heavy (non-hydrogen) atoms. The first-order chi connectivity index (χ1) is 19.2. The zero-order valence-corrected chi connectivity index (χ0v) is 23.7. The maximum absolute atomic E-state index is 13.9. The van der Waals surface area contributed by atoms with Crippen molar-refractivity contribution in [1.82, 2.24) is 4.90 Å². The van der Waals surface area contributed by atoms with Crippen molar-refractivity contribution in [2.24, 2.45) is 17.8 Å². The van der Waals surface area contributed by atoms with E-state index in [1.807, 2.05) is 6.08 Å². The van der Waals surface area contributed by atoms with Crippen LogP contribution in [0.4, 0.5) is 4.39 Å². The molecule has 218 valence electrons. The number of hydrogen-bond donors (Lipinski definition) is 2. The maximum atomic E-state index is 13.9. The van der Waals surface area contributed by atoms with Gasteiger partial charge in [0.15, 0.2) is 11.6 Å². The molecule has 0 spiro atoms. The Balaban J connectivity index is 1.47. The topological polar surface area (TPSA) is 104 Å². The molecule has 1 aromatic carbocycles. The number of rotatable bonds is 14. The molecule has 3 aliphatic rings. The molecule has 2 amide bonds. The Hall–Kier alpha value is -3.00. The molecule has 0 unspecified atom stereocenters. The SMILES string of the molecule is CCCC1=C2[C@@H](CC/C(=C/c3ccc(O)c(F)c3)CCC)OC[C@@H]2[C@@H]2C(=O)N(CCCCCC(=O)O)C(=O)[C@@H]2C1. The fraction of sp³-hybridized carbons (Fsp3) is 0.594. The van der Waals surface area contributed by atoms with Crippen molar-refractivity contribution in [3.63, 3.8) is 0 Å². The molecule has 0 bridgehead atoms. The summed E-state index contributed by atoms with van der Waals surface area (Å²) in [6.45, 7) is 5.03. The predicted octanol–water partition coefficient (Wildman–Crippen LogP) is 6.26. The molecule has 2 heterocycles. The molecule has 4 atom stereocenters. The van der Waals surface area contributed by atoms with Crippen molar-refractivity contribution in [2.75, 3.05) is 13.2 Å². The smallest absolute Gasteiger partial charge is 0.303 e. The van der Waals surface area contributed by atoms with Gasteiger partial charge in [-0.1, -0.05) is 56.4 Å². The molecule has 4 rings (SSSR count). The normalized spacial score (nSPS) is 24.6. The Labute approximate surface area is 236 Å². The van der Waals surface area contributed by atoms with Crippen molar-refractivity contribution in [3.8, 4) is 5.75 Å². The molecule has 8 heteroatoms. The van der Waals surface area contributed by atoms with Crippen LogP contribution in [0.5, 0.6) is 5.75 Å². The fourth-order valence-electron chi connectivity index (χ4n) is 6.78. The Morgan fingerprint density at radius 3 is 2.58 bits per heavy atom. The number of aromatic hydroxyl groups is 1. The van der Waals surface area contributed by atoms with Gasteiger partial charge in [0.25, 0.3) is 0 Å². The first-order valence-electron chi connectivity index (χ1n) is 14.8. The first kappa shape index (κ1) is 30.0. The summed E-state index contributed by atoms with van der Waals surface area (Å²) in [4.78, 5) is 39.1. The minimum absolute atomic E-state index is 0.0800. The van der Waals surface area contributed by atoms with E-state index in [4.69, 9.17) is 9.84 Å². The van der Waals surface area contributed by atoms with E-state index in [9.17, 15) is 23.9 Å². The van der Waals surface area contributed by atoms with Crippen LogP contribution in [0, 0.1) is 23.6 Å². The largest absolute Gasteiger partial charge is 0.505 e. The lowest BCUT2D eigenvalue weighted by molar-refractivity contribution is -0.141. The number of phenolic OH excluding ortho intramolecular Hbond substituents is 1. The van der Waals surface area contributed by atoms with Gasteiger partial charge in [0.1, 0.15) is 0 Å². The number of hydrogen-bond acceptors (Lipinski definition) is 5. The minimum Gasteiger partial charge on any atom is -0.505 e. The lowest BCUT2D eigenvalue weighted by atomic mass is 9.68. The van der Waals surface area contributed by atoms with Gasteiger partial charge in [0, 0.05) is 18.9 Å². The molecule has 0 saturated carbocycles. The second-order valence-corrected chi connectivity index (χ2v) is 11.4. The van der Waals surface area contributed by atoms with E-state index in [2.05, 4.69) is 13.8 Å². The molecule has 2 saturated heterocycles. The summed E-state index contributed by atoms with van der Waals surface area (Å²) in [5.41, 5.74) is 4.39. The summed E-state index contributed by atoms with van der Waals surface area (Å²) in [6.07, 6.45) is 9.64. The molecule has 1 aromatic rings. The molecule has 1 aliphatic carbocycles. The van der Waals surface area contributed by atoms with E-state index < -0.39 is 11.8 Å².